The van der Waals surface area contributed by atoms with Gasteiger partial charge < -0.3 is 20.7 Å². The normalized spacial score (nSPS) is 44.5. The summed E-state index contributed by atoms with van der Waals surface area (Å²) in [4.78, 5) is 12.5. The van der Waals surface area contributed by atoms with Crippen molar-refractivity contribution in [3.05, 3.63) is 23.3 Å². The van der Waals surface area contributed by atoms with Gasteiger partial charge in [-0.25, -0.2) is 0 Å². The van der Waals surface area contributed by atoms with E-state index >= 15 is 0 Å². The van der Waals surface area contributed by atoms with Crippen LogP contribution in [0.25, 0.3) is 0 Å². The van der Waals surface area contributed by atoms with Crippen molar-refractivity contribution in [2.75, 3.05) is 0 Å². The predicted molar refractivity (Wildman–Crippen MR) is 76.5 cm³/mol. The number of quaternary nitrogens is 1. The summed E-state index contributed by atoms with van der Waals surface area (Å²) in [7, 11) is 0. The molecular formula is C17H20NO4+. The fraction of sp³-hybridized carbons (Fsp3) is 0.588. The first-order chi connectivity index (χ1) is 10.5. The summed E-state index contributed by atoms with van der Waals surface area (Å²) < 4.78 is 5.94. The van der Waals surface area contributed by atoms with Crippen molar-refractivity contribution < 1.29 is 25.5 Å². The fourth-order valence-electron chi connectivity index (χ4n) is 5.76. The Morgan fingerprint density at radius 1 is 1.32 bits per heavy atom. The number of hydrogen-bond acceptors (Lipinski definition) is 4. The van der Waals surface area contributed by atoms with Crippen LogP contribution in [0.1, 0.15) is 36.8 Å². The number of carbonyl (C=O) groups is 1. The molecule has 5 rings (SSSR count). The van der Waals surface area contributed by atoms with Crippen LogP contribution in [-0.2, 0) is 16.6 Å². The molecule has 3 aliphatic carbocycles. The monoisotopic (exact) mass is 302 g/mol. The van der Waals surface area contributed by atoms with Gasteiger partial charge in [-0.05, 0) is 30.9 Å². The number of phenols is 1. The third-order valence-corrected chi connectivity index (χ3v) is 6.70. The van der Waals surface area contributed by atoms with Gasteiger partial charge in [-0.1, -0.05) is 6.07 Å². The van der Waals surface area contributed by atoms with Gasteiger partial charge in [0.15, 0.2) is 23.4 Å². The fourth-order valence-corrected chi connectivity index (χ4v) is 5.76. The second kappa shape index (κ2) is 3.66. The van der Waals surface area contributed by atoms with Gasteiger partial charge in [-0.3, -0.25) is 4.79 Å². The number of aromatic hydroxyl groups is 1. The molecule has 0 radical (unpaired) electrons. The van der Waals surface area contributed by atoms with Gasteiger partial charge in [0.1, 0.15) is 0 Å². The average molecular weight is 302 g/mol. The van der Waals surface area contributed by atoms with Crippen molar-refractivity contribution in [2.45, 2.75) is 55.3 Å². The molecule has 2 bridgehead atoms. The minimum absolute atomic E-state index is 0.0504. The molecule has 0 amide bonds. The van der Waals surface area contributed by atoms with Gasteiger partial charge in [-0.2, -0.15) is 0 Å². The molecular weight excluding hydrogens is 282 g/mol. The molecule has 2 saturated carbocycles. The Morgan fingerprint density at radius 2 is 2.14 bits per heavy atom. The summed E-state index contributed by atoms with van der Waals surface area (Å²) in [6, 6.07) is 3.76. The SMILES string of the molecule is [NH3+]C1CC[C@]23c4c5ccc(O)c4O[C@H]2C(=O)CC[C@@]3(O)[C@H]1C5. The van der Waals surface area contributed by atoms with Crippen molar-refractivity contribution in [1.82, 2.24) is 0 Å². The second-order valence-corrected chi connectivity index (χ2v) is 7.42. The zero-order valence-electron chi connectivity index (χ0n) is 12.3. The lowest BCUT2D eigenvalue weighted by atomic mass is 9.45. The Balaban J connectivity index is 1.88. The molecule has 5 atom stereocenters. The van der Waals surface area contributed by atoms with Gasteiger partial charge in [0.05, 0.1) is 17.1 Å². The largest absolute Gasteiger partial charge is 0.504 e. The van der Waals surface area contributed by atoms with Crippen molar-refractivity contribution in [3.63, 3.8) is 0 Å². The van der Waals surface area contributed by atoms with Gasteiger partial charge in [0, 0.05) is 24.3 Å². The van der Waals surface area contributed by atoms with E-state index in [0.717, 1.165) is 24.0 Å². The smallest absolute Gasteiger partial charge is 0.174 e. The van der Waals surface area contributed by atoms with E-state index in [1.807, 2.05) is 6.07 Å². The van der Waals surface area contributed by atoms with Crippen molar-refractivity contribution in [1.29, 1.82) is 0 Å². The van der Waals surface area contributed by atoms with Crippen LogP contribution in [0.3, 0.4) is 0 Å². The number of Topliss-reactive ketones (excluding diaryl/α,β-unsaturated/α-hetero) is 1. The van der Waals surface area contributed by atoms with Crippen LogP contribution in [0, 0.1) is 5.92 Å². The molecule has 1 heterocycles. The molecule has 1 aromatic rings. The summed E-state index contributed by atoms with van der Waals surface area (Å²) in [6.45, 7) is 0. The first kappa shape index (κ1) is 12.9. The molecule has 5 N–H and O–H groups in total. The molecule has 1 unspecified atom stereocenters. The predicted octanol–water partition coefficient (Wildman–Crippen LogP) is 0.0616. The Bertz CT molecular complexity index is 717. The first-order valence-corrected chi connectivity index (χ1v) is 8.09. The molecule has 116 valence electrons. The Labute approximate surface area is 128 Å². The van der Waals surface area contributed by atoms with Crippen molar-refractivity contribution in [3.8, 4) is 11.5 Å². The minimum atomic E-state index is -0.942. The Hall–Kier alpha value is -1.59. The van der Waals surface area contributed by atoms with Crippen LogP contribution < -0.4 is 10.5 Å². The molecule has 2 fully saturated rings. The van der Waals surface area contributed by atoms with Gasteiger partial charge in [0.2, 0.25) is 0 Å². The molecule has 1 spiro atoms. The quantitative estimate of drug-likeness (QED) is 0.632. The molecule has 0 aromatic heterocycles. The molecule has 1 aliphatic heterocycles. The number of ketones is 1. The van der Waals surface area contributed by atoms with E-state index in [1.165, 1.54) is 0 Å². The molecule has 22 heavy (non-hydrogen) atoms. The number of aliphatic hydroxyl groups is 1. The number of carbonyl (C=O) groups excluding carboxylic acids is 1. The average Bonchev–Trinajstić information content (AvgIpc) is 2.85. The highest BCUT2D eigenvalue weighted by molar-refractivity contribution is 5.89. The maximum atomic E-state index is 12.5. The van der Waals surface area contributed by atoms with Crippen LogP contribution in [0.5, 0.6) is 11.5 Å². The van der Waals surface area contributed by atoms with Crippen LogP contribution in [0.2, 0.25) is 0 Å². The van der Waals surface area contributed by atoms with Crippen LogP contribution >= 0.6 is 0 Å². The number of hydrogen-bond donors (Lipinski definition) is 3. The van der Waals surface area contributed by atoms with Crippen LogP contribution in [-0.4, -0.2) is 33.7 Å². The van der Waals surface area contributed by atoms with E-state index in [1.54, 1.807) is 6.07 Å². The number of benzene rings is 1. The first-order valence-electron chi connectivity index (χ1n) is 8.09. The lowest BCUT2D eigenvalue weighted by Crippen LogP contribution is -2.79. The van der Waals surface area contributed by atoms with Crippen molar-refractivity contribution in [2.24, 2.45) is 5.92 Å². The lowest BCUT2D eigenvalue weighted by molar-refractivity contribution is -0.455. The van der Waals surface area contributed by atoms with E-state index in [4.69, 9.17) is 4.74 Å². The lowest BCUT2D eigenvalue weighted by Gasteiger charge is -2.60. The van der Waals surface area contributed by atoms with E-state index in [-0.39, 0.29) is 23.5 Å². The summed E-state index contributed by atoms with van der Waals surface area (Å²) in [5.74, 6) is 0.614. The third kappa shape index (κ3) is 1.13. The Morgan fingerprint density at radius 3 is 2.95 bits per heavy atom. The number of phenolic OH excluding ortho intramolecular Hbond substituents is 1. The maximum absolute atomic E-state index is 12.5. The highest BCUT2D eigenvalue weighted by Gasteiger charge is 2.73. The molecule has 1 aromatic carbocycles. The summed E-state index contributed by atoms with van der Waals surface area (Å²) in [6.07, 6.45) is 2.51. The molecule has 5 heteroatoms. The zero-order valence-corrected chi connectivity index (χ0v) is 12.3. The van der Waals surface area contributed by atoms with E-state index in [9.17, 15) is 15.0 Å². The van der Waals surface area contributed by atoms with Crippen molar-refractivity contribution >= 4 is 5.78 Å². The van der Waals surface area contributed by atoms with Crippen LogP contribution in [0.4, 0.5) is 0 Å². The molecule has 4 aliphatic rings. The summed E-state index contributed by atoms with van der Waals surface area (Å²) >= 11 is 0. The van der Waals surface area contributed by atoms with Gasteiger partial charge in [0.25, 0.3) is 0 Å². The topological polar surface area (TPSA) is 94.4 Å². The molecule has 5 nitrogen and oxygen atoms in total. The number of ether oxygens (including phenoxy) is 1. The Kier molecular flexibility index (Phi) is 2.15. The third-order valence-electron chi connectivity index (χ3n) is 6.70. The highest BCUT2D eigenvalue weighted by Crippen LogP contribution is 2.66. The minimum Gasteiger partial charge on any atom is -0.504 e. The van der Waals surface area contributed by atoms with E-state index in [0.29, 0.717) is 25.0 Å². The van der Waals surface area contributed by atoms with Gasteiger partial charge >= 0.3 is 0 Å². The zero-order chi connectivity index (χ0) is 15.3. The van der Waals surface area contributed by atoms with E-state index in [2.05, 4.69) is 5.73 Å². The van der Waals surface area contributed by atoms with Crippen LogP contribution in [0.15, 0.2) is 12.1 Å². The van der Waals surface area contributed by atoms with Gasteiger partial charge in [-0.15, -0.1) is 0 Å². The maximum Gasteiger partial charge on any atom is 0.174 e. The molecule has 0 saturated heterocycles. The highest BCUT2D eigenvalue weighted by atomic mass is 16.5. The summed E-state index contributed by atoms with van der Waals surface area (Å²) in [5, 5.41) is 21.8. The van der Waals surface area contributed by atoms with E-state index < -0.39 is 17.1 Å². The second-order valence-electron chi connectivity index (χ2n) is 7.42. The number of rotatable bonds is 0. The summed E-state index contributed by atoms with van der Waals surface area (Å²) in [5.41, 5.74) is 4.65. The standard InChI is InChI=1S/C17H19NO4/c18-10-3-5-16-13-8-1-2-11(19)14(13)22-15(16)12(20)4-6-17(16,21)9(10)7-8/h1-2,9-10,15,19,21H,3-7,18H2/p+1/t9-,10?,15-,16-,17+/m0/s1.